The Morgan fingerprint density at radius 3 is 1.84 bits per heavy atom. The Morgan fingerprint density at radius 2 is 1.22 bits per heavy atom. The molecule has 3 aromatic carbocycles. The van der Waals surface area contributed by atoms with Crippen LogP contribution in [-0.2, 0) is 26.6 Å². The minimum Gasteiger partial charge on any atom is -0.381 e. The number of sulfonamides is 2. The molecule has 0 spiro atoms. The minimum absolute atomic E-state index is 0.0180. The van der Waals surface area contributed by atoms with Gasteiger partial charge in [-0.1, -0.05) is 35.9 Å². The van der Waals surface area contributed by atoms with Gasteiger partial charge in [0, 0.05) is 23.6 Å². The van der Waals surface area contributed by atoms with E-state index in [1.165, 1.54) is 12.1 Å². The van der Waals surface area contributed by atoms with Gasteiger partial charge in [0.1, 0.15) is 0 Å². The number of rotatable bonds is 9. The fourth-order valence-corrected chi connectivity index (χ4v) is 5.64. The van der Waals surface area contributed by atoms with Gasteiger partial charge in [-0.15, -0.1) is 0 Å². The maximum absolute atomic E-state index is 12.8. The fourth-order valence-electron chi connectivity index (χ4n) is 3.60. The Bertz CT molecular complexity index is 1600. The molecule has 0 atom stereocenters. The zero-order valence-electron chi connectivity index (χ0n) is 20.6. The average molecular weight is 538 g/mol. The lowest BCUT2D eigenvalue weighted by Gasteiger charge is -2.14. The molecule has 0 aliphatic heterocycles. The summed E-state index contributed by atoms with van der Waals surface area (Å²) in [5, 5.41) is 3.20. The number of hydrogen-bond donors (Lipinski definition) is 3. The molecule has 0 bridgehead atoms. The minimum atomic E-state index is -3.87. The number of nitrogens with one attached hydrogen (secondary N) is 3. The first-order valence-corrected chi connectivity index (χ1v) is 14.3. The first kappa shape index (κ1) is 26.1. The molecule has 0 aliphatic carbocycles. The van der Waals surface area contributed by atoms with Crippen LogP contribution in [0, 0.1) is 20.8 Å². The van der Waals surface area contributed by atoms with Crippen molar-refractivity contribution in [3.05, 3.63) is 101 Å². The maximum atomic E-state index is 12.8. The molecule has 0 amide bonds. The summed E-state index contributed by atoms with van der Waals surface area (Å²) in [4.78, 5) is 8.48. The molecule has 0 fully saturated rings. The molecule has 4 aromatic rings. The topological polar surface area (TPSA) is 130 Å². The Morgan fingerprint density at radius 1 is 0.676 bits per heavy atom. The molecule has 9 nitrogen and oxygen atoms in total. The van der Waals surface area contributed by atoms with Crippen molar-refractivity contribution in [2.75, 3.05) is 14.8 Å². The van der Waals surface area contributed by atoms with Crippen LogP contribution >= 0.6 is 0 Å². The number of hydrogen-bond acceptors (Lipinski definition) is 7. The third-order valence-electron chi connectivity index (χ3n) is 5.45. The second-order valence-corrected chi connectivity index (χ2v) is 11.9. The molecule has 0 radical (unpaired) electrons. The summed E-state index contributed by atoms with van der Waals surface area (Å²) in [7, 11) is -7.62. The third-order valence-corrected chi connectivity index (χ3v) is 8.17. The summed E-state index contributed by atoms with van der Waals surface area (Å²) >= 11 is 0. The van der Waals surface area contributed by atoms with Crippen LogP contribution < -0.4 is 14.8 Å². The number of aryl methyl sites for hydroxylation is 3. The predicted molar refractivity (Wildman–Crippen MR) is 145 cm³/mol. The molecule has 37 heavy (non-hydrogen) atoms. The molecule has 1 heterocycles. The van der Waals surface area contributed by atoms with Crippen LogP contribution in [0.4, 0.5) is 17.3 Å². The van der Waals surface area contributed by atoms with Crippen molar-refractivity contribution in [3.8, 4) is 0 Å². The van der Waals surface area contributed by atoms with Crippen molar-refractivity contribution in [1.29, 1.82) is 0 Å². The van der Waals surface area contributed by atoms with Gasteiger partial charge in [-0.05, 0) is 74.9 Å². The molecule has 11 heteroatoms. The van der Waals surface area contributed by atoms with Gasteiger partial charge >= 0.3 is 0 Å². The van der Waals surface area contributed by atoms with Crippen molar-refractivity contribution < 1.29 is 16.8 Å². The summed E-state index contributed by atoms with van der Waals surface area (Å²) in [6.07, 6.45) is 0. The normalized spacial score (nSPS) is 11.6. The quantitative estimate of drug-likeness (QED) is 0.284. The predicted octanol–water partition coefficient (Wildman–Crippen LogP) is 4.62. The van der Waals surface area contributed by atoms with Gasteiger partial charge in [-0.2, -0.15) is 0 Å². The van der Waals surface area contributed by atoms with Crippen molar-refractivity contribution in [1.82, 2.24) is 9.97 Å². The van der Waals surface area contributed by atoms with Crippen LogP contribution in [0.1, 0.15) is 22.5 Å². The van der Waals surface area contributed by atoms with Gasteiger partial charge in [-0.3, -0.25) is 4.72 Å². The molecular formula is C26H27N5O4S2. The first-order valence-electron chi connectivity index (χ1n) is 11.4. The summed E-state index contributed by atoms with van der Waals surface area (Å²) in [5.74, 6) is 0.0180. The van der Waals surface area contributed by atoms with E-state index in [1.807, 2.05) is 19.1 Å². The largest absolute Gasteiger partial charge is 0.381 e. The SMILES string of the molecule is Cc1ccc(S(=O)(=O)Nc2ccccc2CNc2ccc(S(=O)(=O)Nc3nc(C)cc(C)n3)cc2)cc1. The summed E-state index contributed by atoms with van der Waals surface area (Å²) in [6, 6.07) is 21.7. The van der Waals surface area contributed by atoms with Crippen LogP contribution in [0.2, 0.25) is 0 Å². The van der Waals surface area contributed by atoms with Crippen LogP contribution in [-0.4, -0.2) is 26.8 Å². The molecule has 0 saturated heterocycles. The lowest BCUT2D eigenvalue weighted by molar-refractivity contribution is 0.599. The van der Waals surface area contributed by atoms with E-state index >= 15 is 0 Å². The van der Waals surface area contributed by atoms with E-state index in [0.717, 1.165) is 11.1 Å². The van der Waals surface area contributed by atoms with Crippen molar-refractivity contribution in [2.24, 2.45) is 0 Å². The summed E-state index contributed by atoms with van der Waals surface area (Å²) < 4.78 is 56.2. The molecule has 0 aliphatic rings. The zero-order valence-corrected chi connectivity index (χ0v) is 22.2. The molecule has 4 rings (SSSR count). The zero-order chi connectivity index (χ0) is 26.6. The Hall–Kier alpha value is -3.96. The van der Waals surface area contributed by atoms with Gasteiger partial charge < -0.3 is 5.32 Å². The highest BCUT2D eigenvalue weighted by molar-refractivity contribution is 7.93. The van der Waals surface area contributed by atoms with Crippen molar-refractivity contribution in [3.63, 3.8) is 0 Å². The first-order chi connectivity index (χ1) is 17.5. The maximum Gasteiger partial charge on any atom is 0.264 e. The van der Waals surface area contributed by atoms with E-state index < -0.39 is 20.0 Å². The number of nitrogens with zero attached hydrogens (tertiary/aromatic N) is 2. The van der Waals surface area contributed by atoms with Crippen molar-refractivity contribution in [2.45, 2.75) is 37.1 Å². The van der Waals surface area contributed by atoms with Crippen LogP contribution in [0.5, 0.6) is 0 Å². The molecular weight excluding hydrogens is 510 g/mol. The van der Waals surface area contributed by atoms with Crippen LogP contribution in [0.3, 0.4) is 0 Å². The van der Waals surface area contributed by atoms with Gasteiger partial charge in [-0.25, -0.2) is 31.5 Å². The smallest absolute Gasteiger partial charge is 0.264 e. The number of para-hydroxylation sites is 1. The van der Waals surface area contributed by atoms with E-state index in [4.69, 9.17) is 0 Å². The van der Waals surface area contributed by atoms with E-state index in [1.54, 1.807) is 68.4 Å². The van der Waals surface area contributed by atoms with Gasteiger partial charge in [0.15, 0.2) is 0 Å². The van der Waals surface area contributed by atoms with E-state index in [9.17, 15) is 16.8 Å². The molecule has 0 unspecified atom stereocenters. The van der Waals surface area contributed by atoms with Crippen LogP contribution in [0.25, 0.3) is 0 Å². The monoisotopic (exact) mass is 537 g/mol. The highest BCUT2D eigenvalue weighted by Gasteiger charge is 2.17. The summed E-state index contributed by atoms with van der Waals surface area (Å²) in [6.45, 7) is 5.73. The second-order valence-electron chi connectivity index (χ2n) is 8.53. The Balaban J connectivity index is 1.45. The lowest BCUT2D eigenvalue weighted by atomic mass is 10.2. The second kappa shape index (κ2) is 10.6. The van der Waals surface area contributed by atoms with E-state index in [2.05, 4.69) is 24.7 Å². The van der Waals surface area contributed by atoms with Gasteiger partial charge in [0.25, 0.3) is 20.0 Å². The fraction of sp³-hybridized carbons (Fsp3) is 0.154. The highest BCUT2D eigenvalue weighted by atomic mass is 32.2. The van der Waals surface area contributed by atoms with E-state index in [0.29, 0.717) is 29.3 Å². The number of anilines is 3. The Kier molecular flexibility index (Phi) is 7.46. The molecule has 192 valence electrons. The highest BCUT2D eigenvalue weighted by Crippen LogP contribution is 2.23. The summed E-state index contributed by atoms with van der Waals surface area (Å²) in [5.41, 5.74) is 4.13. The molecule has 3 N–H and O–H groups in total. The van der Waals surface area contributed by atoms with Crippen LogP contribution in [0.15, 0.2) is 88.7 Å². The standard InChI is InChI=1S/C26H27N5O4S2/c1-18-8-12-23(13-9-18)36(32,33)30-25-7-5-4-6-21(25)17-27-22-10-14-24(15-11-22)37(34,35)31-26-28-19(2)16-20(3)29-26/h4-16,27,30H,17H2,1-3H3,(H,28,29,31). The average Bonchev–Trinajstić information content (AvgIpc) is 2.83. The molecule has 0 saturated carbocycles. The Labute approximate surface area is 217 Å². The third kappa shape index (κ3) is 6.63. The van der Waals surface area contributed by atoms with Gasteiger partial charge in [0.2, 0.25) is 5.95 Å². The molecule has 1 aromatic heterocycles. The lowest BCUT2D eigenvalue weighted by Crippen LogP contribution is -2.16. The number of benzene rings is 3. The van der Waals surface area contributed by atoms with Gasteiger partial charge in [0.05, 0.1) is 15.5 Å². The van der Waals surface area contributed by atoms with E-state index in [-0.39, 0.29) is 15.7 Å². The number of aromatic nitrogens is 2. The van der Waals surface area contributed by atoms with Crippen molar-refractivity contribution >= 4 is 37.4 Å².